The van der Waals surface area contributed by atoms with Crippen LogP contribution in [0.2, 0.25) is 0 Å². The van der Waals surface area contributed by atoms with Crippen LogP contribution in [-0.4, -0.2) is 23.7 Å². The van der Waals surface area contributed by atoms with Gasteiger partial charge >= 0.3 is 65.1 Å². The summed E-state index contributed by atoms with van der Waals surface area (Å²) in [6, 6.07) is 12.7. The van der Waals surface area contributed by atoms with Crippen molar-refractivity contribution in [1.29, 1.82) is 0 Å². The molecule has 2 N–H and O–H groups in total. The third-order valence-corrected chi connectivity index (χ3v) is 5.11. The summed E-state index contributed by atoms with van der Waals surface area (Å²) in [5.41, 5.74) is -0.209. The molecule has 2 amide bonds. The molecule has 0 aliphatic heterocycles. The Labute approximate surface area is 252 Å². The largest absolute Gasteiger partial charge is 1.00 e. The maximum absolute atomic E-state index is 12.5. The Morgan fingerprint density at radius 2 is 1.67 bits per heavy atom. The van der Waals surface area contributed by atoms with Gasteiger partial charge < -0.3 is 39.7 Å². The van der Waals surface area contributed by atoms with Crippen LogP contribution >= 0.6 is 0 Å². The van der Waals surface area contributed by atoms with Gasteiger partial charge in [-0.3, -0.25) is 4.79 Å². The molecule has 12 heteroatoms. The van der Waals surface area contributed by atoms with Gasteiger partial charge in [-0.2, -0.15) is 0 Å². The van der Waals surface area contributed by atoms with Crippen molar-refractivity contribution in [3.05, 3.63) is 76.2 Å². The number of carboxylic acids is 1. The fraction of sp³-hybridized carbons (Fsp3) is 0.208. The number of methoxy groups -OCH3 is 1. The second kappa shape index (κ2) is 14.3. The molecule has 0 radical (unpaired) electrons. The van der Waals surface area contributed by atoms with Crippen LogP contribution < -0.4 is 95.0 Å². The number of aromatic nitrogens is 1. The van der Waals surface area contributed by atoms with E-state index >= 15 is 0 Å². The average molecular weight is 511 g/mol. The minimum absolute atomic E-state index is 0. The van der Waals surface area contributed by atoms with Crippen LogP contribution in [0.5, 0.6) is 23.0 Å². The first-order valence-electron chi connectivity index (χ1n) is 10.2. The van der Waals surface area contributed by atoms with Crippen molar-refractivity contribution in [2.75, 3.05) is 12.4 Å². The third-order valence-electron chi connectivity index (χ3n) is 5.11. The van der Waals surface area contributed by atoms with Gasteiger partial charge in [0.2, 0.25) is 0 Å². The van der Waals surface area contributed by atoms with Crippen LogP contribution in [0.4, 0.5) is 10.5 Å². The average Bonchev–Trinajstić information content (AvgIpc) is 2.80. The van der Waals surface area contributed by atoms with Gasteiger partial charge in [-0.05, 0) is 42.8 Å². The summed E-state index contributed by atoms with van der Waals surface area (Å²) in [5, 5.41) is 28.1. The number of urea groups is 1. The van der Waals surface area contributed by atoms with Crippen molar-refractivity contribution < 1.29 is 88.4 Å². The molecule has 1 heterocycles. The molecule has 0 saturated heterocycles. The van der Waals surface area contributed by atoms with E-state index in [1.807, 2.05) is 0 Å². The fourth-order valence-electron chi connectivity index (χ4n) is 3.20. The molecule has 1 aromatic heterocycles. The molecule has 0 bridgehead atoms. The summed E-state index contributed by atoms with van der Waals surface area (Å²) in [4.78, 5) is 36.0. The number of benzene rings is 2. The van der Waals surface area contributed by atoms with Gasteiger partial charge in [0.25, 0.3) is 5.56 Å². The molecule has 0 saturated carbocycles. The van der Waals surface area contributed by atoms with E-state index in [-0.39, 0.29) is 59.1 Å². The van der Waals surface area contributed by atoms with Gasteiger partial charge in [0.15, 0.2) is 0 Å². The Bertz CT molecular complexity index is 1260. The van der Waals surface area contributed by atoms with Gasteiger partial charge in [-0.15, -0.1) is 0 Å². The molecule has 178 valence electrons. The molecule has 3 rings (SSSR count). The second-order valence-corrected chi connectivity index (χ2v) is 7.47. The molecule has 36 heavy (non-hydrogen) atoms. The van der Waals surface area contributed by atoms with E-state index in [1.165, 1.54) is 17.7 Å². The van der Waals surface area contributed by atoms with E-state index in [1.54, 1.807) is 62.6 Å². The summed E-state index contributed by atoms with van der Waals surface area (Å²) in [5.74, 6) is -0.385. The van der Waals surface area contributed by atoms with Crippen LogP contribution in [0.3, 0.4) is 0 Å². The monoisotopic (exact) mass is 511 g/mol. The Morgan fingerprint density at radius 1 is 1.03 bits per heavy atom. The second-order valence-electron chi connectivity index (χ2n) is 7.47. The first-order valence-corrected chi connectivity index (χ1v) is 10.2. The smallest absolute Gasteiger partial charge is 0.871 e. The van der Waals surface area contributed by atoms with Crippen LogP contribution in [0.1, 0.15) is 23.7 Å². The minimum atomic E-state index is -1.39. The van der Waals surface area contributed by atoms with Gasteiger partial charge in [-0.25, -0.2) is 4.79 Å². The van der Waals surface area contributed by atoms with Crippen molar-refractivity contribution in [2.24, 2.45) is 7.05 Å². The quantitative estimate of drug-likeness (QED) is 0.291. The van der Waals surface area contributed by atoms with Crippen LogP contribution in [0.15, 0.2) is 59.4 Å². The summed E-state index contributed by atoms with van der Waals surface area (Å²) < 4.78 is 12.1. The van der Waals surface area contributed by atoms with Gasteiger partial charge in [0, 0.05) is 31.2 Å². The van der Waals surface area contributed by atoms with E-state index in [0.717, 1.165) is 0 Å². The molecule has 0 spiro atoms. The molecular weight excluding hydrogens is 488 g/mol. The normalized spacial score (nSPS) is 10.8. The standard InChI is InChI=1S/C24H25N3O7.2Na/c1-14-11-20(28)22(23(31)27(14)2)26-24(32)25-19(13-21(29)30)15-7-9-16(10-8-15)34-18-6-4-5-17(12-18)33-3;;/h4-12,19,28H,13H2,1-3H3,(H,29,30)(H2,25,26,32);;/q;2*+1/p-2/t19-;;/m0../s1. The zero-order valence-electron chi connectivity index (χ0n) is 20.8. The number of amides is 2. The number of aryl methyl sites for hydroxylation is 1. The fourth-order valence-corrected chi connectivity index (χ4v) is 3.20. The van der Waals surface area contributed by atoms with Crippen molar-refractivity contribution in [2.45, 2.75) is 19.4 Å². The number of aliphatic carboxylic acids is 1. The van der Waals surface area contributed by atoms with Crippen molar-refractivity contribution in [3.63, 3.8) is 0 Å². The molecule has 2 aromatic carbocycles. The Kier molecular flexibility index (Phi) is 12.5. The minimum Gasteiger partial charge on any atom is -0.871 e. The first-order chi connectivity index (χ1) is 16.2. The summed E-state index contributed by atoms with van der Waals surface area (Å²) in [6.07, 6.45) is -0.528. The summed E-state index contributed by atoms with van der Waals surface area (Å²) in [6.45, 7) is 1.59. The van der Waals surface area contributed by atoms with Gasteiger partial charge in [-0.1, -0.05) is 23.9 Å². The number of carboxylic acid groups (broad SMARTS) is 1. The van der Waals surface area contributed by atoms with Crippen LogP contribution in [-0.2, 0) is 11.8 Å². The van der Waals surface area contributed by atoms with E-state index < -0.39 is 41.5 Å². The van der Waals surface area contributed by atoms with Crippen molar-refractivity contribution in [1.82, 2.24) is 9.88 Å². The van der Waals surface area contributed by atoms with Gasteiger partial charge in [0.05, 0.1) is 13.2 Å². The Morgan fingerprint density at radius 3 is 2.28 bits per heavy atom. The number of hydrogen-bond donors (Lipinski definition) is 2. The number of ether oxygens (including phenoxy) is 2. The number of nitrogens with zero attached hydrogens (tertiary/aromatic N) is 1. The molecule has 10 nitrogen and oxygen atoms in total. The number of rotatable bonds is 8. The number of pyridine rings is 1. The summed E-state index contributed by atoms with van der Waals surface area (Å²) >= 11 is 0. The SMILES string of the molecule is COc1cccc(Oc2ccc([C@H](CC(=O)[O-])NC(=O)Nc3c([O-])cc(C)n(C)c3=O)cc2)c1.[Na+].[Na+]. The number of carbonyl (C=O) groups excluding carboxylic acids is 2. The molecule has 0 unspecified atom stereocenters. The van der Waals surface area contributed by atoms with Crippen LogP contribution in [0.25, 0.3) is 0 Å². The molecular formula is C24H23N3Na2O7. The number of hydrogen-bond acceptors (Lipinski definition) is 7. The number of anilines is 1. The van der Waals surface area contributed by atoms with Gasteiger partial charge in [0.1, 0.15) is 22.9 Å². The van der Waals surface area contributed by atoms with E-state index in [4.69, 9.17) is 9.47 Å². The number of nitrogens with one attached hydrogen (secondary N) is 2. The zero-order valence-corrected chi connectivity index (χ0v) is 24.8. The predicted octanol–water partition coefficient (Wildman–Crippen LogP) is -4.42. The maximum Gasteiger partial charge on any atom is 1.00 e. The van der Waals surface area contributed by atoms with E-state index in [0.29, 0.717) is 28.5 Å². The topological polar surface area (TPSA) is 145 Å². The molecule has 0 aliphatic rings. The van der Waals surface area contributed by atoms with Crippen molar-refractivity contribution >= 4 is 17.7 Å². The first kappa shape index (κ1) is 31.6. The van der Waals surface area contributed by atoms with Crippen LogP contribution in [0, 0.1) is 6.92 Å². The number of carbonyl (C=O) groups is 2. The third kappa shape index (κ3) is 8.29. The van der Waals surface area contributed by atoms with Crippen molar-refractivity contribution in [3.8, 4) is 23.0 Å². The maximum atomic E-state index is 12.5. The Balaban J connectivity index is 0.00000324. The molecule has 0 fully saturated rings. The predicted molar refractivity (Wildman–Crippen MR) is 120 cm³/mol. The van der Waals surface area contributed by atoms with E-state index in [2.05, 4.69) is 10.6 Å². The zero-order chi connectivity index (χ0) is 24.8. The molecule has 3 aromatic rings. The summed E-state index contributed by atoms with van der Waals surface area (Å²) in [7, 11) is 3.01. The molecule has 1 atom stereocenters. The Hall–Kier alpha value is -2.47. The molecule has 0 aliphatic carbocycles. The van der Waals surface area contributed by atoms with E-state index in [9.17, 15) is 24.6 Å².